The van der Waals surface area contributed by atoms with Gasteiger partial charge in [0.1, 0.15) is 0 Å². The van der Waals surface area contributed by atoms with Crippen molar-refractivity contribution in [3.05, 3.63) is 60.2 Å². The number of hydrogen-bond acceptors (Lipinski definition) is 4. The lowest BCUT2D eigenvalue weighted by atomic mass is 10.2. The molecule has 0 heterocycles. The van der Waals surface area contributed by atoms with Gasteiger partial charge in [0, 0.05) is 22.1 Å². The van der Waals surface area contributed by atoms with Crippen molar-refractivity contribution < 1.29 is 8.42 Å². The first kappa shape index (κ1) is 17.4. The summed E-state index contributed by atoms with van der Waals surface area (Å²) in [5, 5.41) is 0. The smallest absolute Gasteiger partial charge is 0.212 e. The zero-order valence-electron chi connectivity index (χ0n) is 12.4. The average Bonchev–Trinajstić information content (AvgIpc) is 2.53. The summed E-state index contributed by atoms with van der Waals surface area (Å²) in [5.74, 6) is 0.762. The summed E-state index contributed by atoms with van der Waals surface area (Å²) >= 11 is 3.18. The average molecular weight is 354 g/mol. The first-order chi connectivity index (χ1) is 10.6. The molecule has 2 rings (SSSR count). The quantitative estimate of drug-likeness (QED) is 0.787. The van der Waals surface area contributed by atoms with Crippen LogP contribution in [0.3, 0.4) is 0 Å². The van der Waals surface area contributed by atoms with Gasteiger partial charge in [-0.2, -0.15) is 11.8 Å². The molecule has 0 aliphatic heterocycles. The molecule has 2 aromatic rings. The summed E-state index contributed by atoms with van der Waals surface area (Å²) in [5.41, 5.74) is 0.990. The van der Waals surface area contributed by atoms with Gasteiger partial charge in [0.2, 0.25) is 10.0 Å². The van der Waals surface area contributed by atoms with Gasteiger partial charge >= 0.3 is 0 Å². The van der Waals surface area contributed by atoms with Gasteiger partial charge < -0.3 is 0 Å². The van der Waals surface area contributed by atoms with Crippen LogP contribution in [0.5, 0.6) is 0 Å². The fraction of sp³-hybridized carbons (Fsp3) is 0.250. The number of rotatable bonds is 8. The molecule has 0 radical (unpaired) electrons. The normalized spacial score (nSPS) is 11.5. The predicted molar refractivity (Wildman–Crippen MR) is 96.0 cm³/mol. The van der Waals surface area contributed by atoms with E-state index in [1.807, 2.05) is 60.9 Å². The Labute approximate surface area is 141 Å². The Hall–Kier alpha value is -0.950. The van der Waals surface area contributed by atoms with E-state index >= 15 is 0 Å². The van der Waals surface area contributed by atoms with Crippen molar-refractivity contribution in [2.45, 2.75) is 16.3 Å². The van der Waals surface area contributed by atoms with E-state index in [1.54, 1.807) is 11.8 Å². The monoisotopic (exact) mass is 353 g/mol. The lowest BCUT2D eigenvalue weighted by molar-refractivity contribution is 0.582. The Kier molecular flexibility index (Phi) is 6.82. The van der Waals surface area contributed by atoms with Crippen LogP contribution in [-0.4, -0.2) is 26.2 Å². The molecule has 2 aromatic carbocycles. The van der Waals surface area contributed by atoms with E-state index in [4.69, 9.17) is 0 Å². The molecule has 118 valence electrons. The maximum atomic E-state index is 11.9. The lowest BCUT2D eigenvalue weighted by Crippen LogP contribution is -2.27. The van der Waals surface area contributed by atoms with Gasteiger partial charge in [0.15, 0.2) is 0 Å². The Balaban J connectivity index is 2.06. The van der Waals surface area contributed by atoms with Crippen LogP contribution < -0.4 is 4.72 Å². The Morgan fingerprint density at radius 1 is 1.00 bits per heavy atom. The van der Waals surface area contributed by atoms with Crippen molar-refractivity contribution >= 4 is 33.5 Å². The highest BCUT2D eigenvalue weighted by molar-refractivity contribution is 8.00. The van der Waals surface area contributed by atoms with E-state index in [9.17, 15) is 8.42 Å². The highest BCUT2D eigenvalue weighted by Gasteiger charge is 2.11. The van der Waals surface area contributed by atoms with Gasteiger partial charge in [-0.3, -0.25) is 0 Å². The molecule has 0 aliphatic rings. The van der Waals surface area contributed by atoms with Crippen LogP contribution in [0.1, 0.15) is 5.56 Å². The van der Waals surface area contributed by atoms with E-state index < -0.39 is 10.0 Å². The van der Waals surface area contributed by atoms with Crippen molar-refractivity contribution in [3.63, 3.8) is 0 Å². The lowest BCUT2D eigenvalue weighted by Gasteiger charge is -2.10. The van der Waals surface area contributed by atoms with Gasteiger partial charge in [-0.25, -0.2) is 13.1 Å². The number of sulfonamides is 1. The van der Waals surface area contributed by atoms with E-state index in [0.29, 0.717) is 12.3 Å². The number of thioether (sulfide) groups is 1. The molecule has 0 fully saturated rings. The van der Waals surface area contributed by atoms with Crippen molar-refractivity contribution in [1.82, 2.24) is 4.72 Å². The minimum Gasteiger partial charge on any atom is -0.212 e. The van der Waals surface area contributed by atoms with E-state index in [2.05, 4.69) is 4.72 Å². The Morgan fingerprint density at radius 2 is 1.68 bits per heavy atom. The van der Waals surface area contributed by atoms with Gasteiger partial charge in [-0.15, -0.1) is 0 Å². The van der Waals surface area contributed by atoms with Crippen molar-refractivity contribution in [2.24, 2.45) is 0 Å². The van der Waals surface area contributed by atoms with Gasteiger partial charge in [-0.05, 0) is 30.0 Å². The number of benzene rings is 2. The molecule has 3 nitrogen and oxygen atoms in total. The molecule has 0 saturated carbocycles. The Morgan fingerprint density at radius 3 is 2.41 bits per heavy atom. The minimum absolute atomic E-state index is 0.155. The third-order valence-electron chi connectivity index (χ3n) is 2.98. The summed E-state index contributed by atoms with van der Waals surface area (Å²) in [6, 6.07) is 17.9. The maximum Gasteiger partial charge on any atom is 0.212 e. The van der Waals surface area contributed by atoms with Gasteiger partial charge in [-0.1, -0.05) is 48.2 Å². The summed E-state index contributed by atoms with van der Waals surface area (Å²) in [6.07, 6.45) is 1.90. The van der Waals surface area contributed by atoms with Crippen LogP contribution in [0.4, 0.5) is 0 Å². The molecule has 0 aromatic heterocycles. The summed E-state index contributed by atoms with van der Waals surface area (Å²) in [4.78, 5) is 2.21. The second-order valence-corrected chi connectivity index (χ2v) is 8.68. The molecule has 6 heteroatoms. The molecule has 0 amide bonds. The van der Waals surface area contributed by atoms with Crippen LogP contribution in [0.2, 0.25) is 0 Å². The molecule has 1 N–H and O–H groups in total. The topological polar surface area (TPSA) is 46.2 Å². The third-order valence-corrected chi connectivity index (χ3v) is 6.30. The summed E-state index contributed by atoms with van der Waals surface area (Å²) in [7, 11) is -3.21. The van der Waals surface area contributed by atoms with E-state index in [1.165, 1.54) is 11.8 Å². The fourth-order valence-corrected chi connectivity index (χ4v) is 4.85. The summed E-state index contributed by atoms with van der Waals surface area (Å²) in [6.45, 7) is 0.326. The van der Waals surface area contributed by atoms with Crippen LogP contribution >= 0.6 is 23.5 Å². The van der Waals surface area contributed by atoms with Crippen LogP contribution in [0.25, 0.3) is 0 Å². The third kappa shape index (κ3) is 5.68. The number of nitrogens with one attached hydrogen (secondary N) is 1. The standard InChI is InChI=1S/C16H19NO2S3/c1-20-11-12-22(18,19)17-13-14-7-5-6-10-16(14)21-15-8-3-2-4-9-15/h2-10,17H,11-13H2,1H3. The molecule has 0 atom stereocenters. The second-order valence-electron chi connectivity index (χ2n) is 4.66. The van der Waals surface area contributed by atoms with Crippen molar-refractivity contribution in [3.8, 4) is 0 Å². The van der Waals surface area contributed by atoms with Gasteiger partial charge in [0.05, 0.1) is 5.75 Å². The SMILES string of the molecule is CSCCS(=O)(=O)NCc1ccccc1Sc1ccccc1. The van der Waals surface area contributed by atoms with Crippen molar-refractivity contribution in [2.75, 3.05) is 17.8 Å². The minimum atomic E-state index is -3.21. The van der Waals surface area contributed by atoms with Gasteiger partial charge in [0.25, 0.3) is 0 Å². The summed E-state index contributed by atoms with van der Waals surface area (Å²) < 4.78 is 26.5. The first-order valence-corrected chi connectivity index (χ1v) is 10.7. The number of hydrogen-bond donors (Lipinski definition) is 1. The Bertz CT molecular complexity index is 688. The van der Waals surface area contributed by atoms with Crippen LogP contribution in [0, 0.1) is 0 Å². The van der Waals surface area contributed by atoms with E-state index in [0.717, 1.165) is 15.4 Å². The highest BCUT2D eigenvalue weighted by atomic mass is 32.2. The van der Waals surface area contributed by atoms with Crippen molar-refractivity contribution in [1.29, 1.82) is 0 Å². The zero-order valence-corrected chi connectivity index (χ0v) is 14.8. The molecule has 0 aliphatic carbocycles. The molecule has 22 heavy (non-hydrogen) atoms. The highest BCUT2D eigenvalue weighted by Crippen LogP contribution is 2.30. The predicted octanol–water partition coefficient (Wildman–Crippen LogP) is 3.62. The zero-order chi connectivity index (χ0) is 15.8. The largest absolute Gasteiger partial charge is 0.212 e. The first-order valence-electron chi connectivity index (χ1n) is 6.88. The molecular formula is C16H19NO2S3. The molecule has 0 bridgehead atoms. The van der Waals surface area contributed by atoms with Crippen LogP contribution in [-0.2, 0) is 16.6 Å². The molecule has 0 spiro atoms. The molecular weight excluding hydrogens is 334 g/mol. The molecule has 0 unspecified atom stereocenters. The van der Waals surface area contributed by atoms with Crippen LogP contribution in [0.15, 0.2) is 64.4 Å². The maximum absolute atomic E-state index is 11.9. The second kappa shape index (κ2) is 8.62. The van der Waals surface area contributed by atoms with E-state index in [-0.39, 0.29) is 5.75 Å². The molecule has 0 saturated heterocycles. The fourth-order valence-electron chi connectivity index (χ4n) is 1.82.